The lowest BCUT2D eigenvalue weighted by Crippen LogP contribution is -2.12. The van der Waals surface area contributed by atoms with Crippen LogP contribution >= 0.6 is 35.3 Å². The van der Waals surface area contributed by atoms with Crippen LogP contribution in [-0.4, -0.2) is 0 Å². The standard InChI is InChI=1S/C48H29NS.C47H29FS.C47H30S/c49-29-30-17-19-31(20-18-30)32-21-23-33(24-22-32)34-25-27-35(28-26-34)44-45-40-13-5-1-9-36(40)38-11-3-7-15-42(38)47(45)50-48-43-16-8-4-12-39(43)37-10-2-6-14-41(37)46(44)48;48-34-27-25-32(26-28-34)30-19-17-29(18-20-30)31-21-23-33(24-22-31)43-44-39-13-5-1-9-35(39)37-11-3-7-15-41(37)46(44)49-47-42-16-8-4-12-38(42)36-10-2-6-14-40(36)45(43)47;1-2-12-30(13-3-1)31-22-24-32(25-23-31)33-26-28-34(29-27-33)43-44-39-18-8-4-14-35(39)37-16-6-10-20-41(37)46(44)48-47-42-21-11-7-17-38(42)36-15-5-9-19-40(36)45(43)47/h1-28,44H;1-28,43H;1-29,43H/i;;1D,2D,3D,12D,13D. The first-order valence-electron chi connectivity index (χ1n) is 52.5. The Labute approximate surface area is 871 Å². The molecule has 3 aliphatic heterocycles. The van der Waals surface area contributed by atoms with Crippen molar-refractivity contribution < 1.29 is 11.2 Å². The Bertz CT molecular complexity index is 10000. The highest BCUT2D eigenvalue weighted by molar-refractivity contribution is 8.00. The van der Waals surface area contributed by atoms with Gasteiger partial charge in [0.2, 0.25) is 0 Å². The van der Waals surface area contributed by atoms with E-state index in [4.69, 9.17) is 6.85 Å². The van der Waals surface area contributed by atoms with E-state index in [0.717, 1.165) is 38.9 Å². The van der Waals surface area contributed by atoms with Gasteiger partial charge in [0, 0.05) is 47.1 Å². The number of fused-ring (bicyclic) bond motifs is 36. The van der Waals surface area contributed by atoms with Crippen molar-refractivity contribution in [1.82, 2.24) is 0 Å². The summed E-state index contributed by atoms with van der Waals surface area (Å²) in [5.41, 5.74) is 24.6. The zero-order valence-electron chi connectivity index (χ0n) is 84.5. The highest BCUT2D eigenvalue weighted by Gasteiger charge is 2.39. The highest BCUT2D eigenvalue weighted by atomic mass is 32.2. The Morgan fingerprint density at radius 3 is 0.510 bits per heavy atom. The number of benzene rings is 27. The number of hydrogen-bond donors (Lipinski definition) is 0. The molecule has 1 nitrogen and oxygen atoms in total. The van der Waals surface area contributed by atoms with E-state index in [1.54, 1.807) is 0 Å². The van der Waals surface area contributed by atoms with Crippen molar-refractivity contribution in [2.75, 3.05) is 0 Å². The van der Waals surface area contributed by atoms with Crippen LogP contribution in [0.15, 0.2) is 545 Å². The zero-order chi connectivity index (χ0) is 102. The van der Waals surface area contributed by atoms with E-state index in [2.05, 4.69) is 419 Å². The molecule has 0 spiro atoms. The molecule has 0 fully saturated rings. The average Bonchev–Trinajstić information content (AvgIpc) is 0.705. The summed E-state index contributed by atoms with van der Waals surface area (Å²) in [6.07, 6.45) is 0. The molecule has 0 radical (unpaired) electrons. The van der Waals surface area contributed by atoms with E-state index in [9.17, 15) is 9.65 Å². The highest BCUT2D eigenvalue weighted by Crippen LogP contribution is 2.63. The van der Waals surface area contributed by atoms with Crippen LogP contribution in [0.3, 0.4) is 0 Å². The van der Waals surface area contributed by atoms with Gasteiger partial charge in [-0.2, -0.15) is 5.26 Å². The van der Waals surface area contributed by atoms with E-state index >= 15 is 0 Å². The van der Waals surface area contributed by atoms with Crippen LogP contribution in [0.2, 0.25) is 0 Å². The third-order valence-corrected chi connectivity index (χ3v) is 34.5. The molecule has 30 rings (SSSR count). The van der Waals surface area contributed by atoms with Crippen LogP contribution in [0.25, 0.3) is 196 Å². The van der Waals surface area contributed by atoms with Crippen LogP contribution < -0.4 is 0 Å². The van der Waals surface area contributed by atoms with E-state index in [1.165, 1.54) is 238 Å². The Kier molecular flexibility index (Phi) is 20.3. The summed E-state index contributed by atoms with van der Waals surface area (Å²) in [7, 11) is 0. The summed E-state index contributed by atoms with van der Waals surface area (Å²) in [5, 5.41) is 40.3. The molecule has 0 unspecified atom stereocenters. The van der Waals surface area contributed by atoms with E-state index < -0.39 is 0 Å². The molecule has 0 saturated heterocycles. The van der Waals surface area contributed by atoms with Crippen LogP contribution in [0.1, 0.15) is 80.2 Å². The molecular formula is C142H88FNS3. The Balaban J connectivity index is 0.000000109. The van der Waals surface area contributed by atoms with E-state index in [-0.39, 0.29) is 59.3 Å². The van der Waals surface area contributed by atoms with Gasteiger partial charge < -0.3 is 0 Å². The third-order valence-electron chi connectivity index (χ3n) is 30.6. The lowest BCUT2D eigenvalue weighted by atomic mass is 9.78. The molecule has 0 aliphatic carbocycles. The maximum Gasteiger partial charge on any atom is 0.123 e. The van der Waals surface area contributed by atoms with Gasteiger partial charge in [0.25, 0.3) is 0 Å². The molecule has 0 saturated carbocycles. The minimum absolute atomic E-state index is 0.0224. The lowest BCUT2D eigenvalue weighted by Gasteiger charge is -2.33. The lowest BCUT2D eigenvalue weighted by molar-refractivity contribution is 0.628. The molecule has 686 valence electrons. The van der Waals surface area contributed by atoms with Gasteiger partial charge in [-0.1, -0.05) is 527 Å². The molecule has 27 aromatic carbocycles. The Morgan fingerprint density at radius 1 is 0.170 bits per heavy atom. The van der Waals surface area contributed by atoms with Crippen molar-refractivity contribution in [3.63, 3.8) is 0 Å². The first kappa shape index (κ1) is 82.0. The number of rotatable bonds is 9. The molecule has 0 amide bonds. The second-order valence-corrected chi connectivity index (χ2v) is 41.5. The second-order valence-electron chi connectivity index (χ2n) is 38.4. The van der Waals surface area contributed by atoms with Crippen LogP contribution in [0.5, 0.6) is 0 Å². The van der Waals surface area contributed by atoms with Crippen LogP contribution in [0.4, 0.5) is 4.39 Å². The molecule has 27 aromatic rings. The predicted molar refractivity (Wildman–Crippen MR) is 621 cm³/mol. The van der Waals surface area contributed by atoms with E-state index in [0.29, 0.717) is 11.1 Å². The molecule has 0 bridgehead atoms. The number of nitrogens with zero attached hydrogens (tertiary/aromatic N) is 1. The summed E-state index contributed by atoms with van der Waals surface area (Å²) in [4.78, 5) is 8.05. The minimum atomic E-state index is -0.385. The molecule has 0 atom stereocenters. The molecular weight excluding hydrogens is 1830 g/mol. The van der Waals surface area contributed by atoms with Gasteiger partial charge in [0.05, 0.1) is 18.5 Å². The first-order valence-corrected chi connectivity index (χ1v) is 52.4. The van der Waals surface area contributed by atoms with Crippen molar-refractivity contribution >= 4 is 165 Å². The fourth-order valence-electron chi connectivity index (χ4n) is 23.9. The molecule has 0 N–H and O–H groups in total. The summed E-state index contributed by atoms with van der Waals surface area (Å²) < 4.78 is 54.6. The number of halogens is 1. The van der Waals surface area contributed by atoms with Crippen molar-refractivity contribution in [3.05, 3.63) is 577 Å². The quantitative estimate of drug-likeness (QED) is 0.134. The van der Waals surface area contributed by atoms with Crippen molar-refractivity contribution in [2.24, 2.45) is 0 Å². The van der Waals surface area contributed by atoms with Gasteiger partial charge in [-0.05, 0) is 270 Å². The summed E-state index contributed by atoms with van der Waals surface area (Å²) in [5.74, 6) is -0.140. The molecule has 147 heavy (non-hydrogen) atoms. The van der Waals surface area contributed by atoms with Gasteiger partial charge in [-0.3, -0.25) is 0 Å². The summed E-state index contributed by atoms with van der Waals surface area (Å²) in [6, 6.07) is 174. The van der Waals surface area contributed by atoms with Crippen molar-refractivity contribution in [1.29, 1.82) is 5.26 Å². The Hall–Kier alpha value is -17.5. The zero-order valence-corrected chi connectivity index (χ0v) is 81.9. The van der Waals surface area contributed by atoms with Crippen molar-refractivity contribution in [3.8, 4) is 72.8 Å². The molecule has 5 heteroatoms. The average molecular weight is 1930 g/mol. The first-order chi connectivity index (χ1) is 74.9. The van der Waals surface area contributed by atoms with Gasteiger partial charge in [0.1, 0.15) is 5.82 Å². The predicted octanol–water partition coefficient (Wildman–Crippen LogP) is 39.8. The fraction of sp³-hybridized carbons (Fsp3) is 0.0211. The maximum absolute atomic E-state index is 13.5. The van der Waals surface area contributed by atoms with Crippen LogP contribution in [-0.2, 0) is 0 Å². The smallest absolute Gasteiger partial charge is 0.123 e. The Morgan fingerprint density at radius 2 is 0.320 bits per heavy atom. The monoisotopic (exact) mass is 1930 g/mol. The van der Waals surface area contributed by atoms with Gasteiger partial charge in [-0.25, -0.2) is 4.39 Å². The molecule has 3 heterocycles. The number of nitriles is 1. The van der Waals surface area contributed by atoms with E-state index in [1.807, 2.05) is 95.9 Å². The fourth-order valence-corrected chi connectivity index (χ4v) is 28.2. The normalized spacial score (nSPS) is 13.2. The van der Waals surface area contributed by atoms with Crippen LogP contribution in [0, 0.1) is 17.1 Å². The summed E-state index contributed by atoms with van der Waals surface area (Å²) in [6.45, 7) is 0. The largest absolute Gasteiger partial charge is 0.207 e. The SMILES string of the molecule is Fc1ccc(-c2ccc(-c3ccc(C4c5c(c6ccccc6c6ccccc56)Sc5c4c4ccccc4c4ccccc54)cc3)cc2)cc1.N#Cc1ccc(-c2ccc(-c3ccc(C4c5c(c6ccccc6c6ccccc56)Sc5c4c4ccccc4c4ccccc54)cc3)cc2)cc1.[2H]c1c([2H])c([2H])c(-c2ccc(-c3ccc(C4c5c(c6ccccc6c6ccccc56)Sc5c4c4ccccc4c4ccccc54)cc3)cc2)c([2H])c1[2H]. The maximum atomic E-state index is 13.5. The van der Waals surface area contributed by atoms with Gasteiger partial charge >= 0.3 is 0 Å². The third kappa shape index (κ3) is 14.8. The molecule has 3 aliphatic rings. The van der Waals surface area contributed by atoms with Gasteiger partial charge in [-0.15, -0.1) is 0 Å². The van der Waals surface area contributed by atoms with Gasteiger partial charge in [0.15, 0.2) is 0 Å². The summed E-state index contributed by atoms with van der Waals surface area (Å²) >= 11 is 5.82. The minimum Gasteiger partial charge on any atom is -0.207 e. The second kappa shape index (κ2) is 36.4. The molecule has 0 aromatic heterocycles. The number of hydrogen-bond acceptors (Lipinski definition) is 4. The van der Waals surface area contributed by atoms with Crippen molar-refractivity contribution in [2.45, 2.75) is 47.1 Å². The topological polar surface area (TPSA) is 23.8 Å².